The number of H-pyrrole nitrogens is 1. The van der Waals surface area contributed by atoms with Crippen molar-refractivity contribution in [2.75, 3.05) is 6.26 Å². The Kier molecular flexibility index (Phi) is 4.45. The maximum absolute atomic E-state index is 11.7. The molecule has 5 heteroatoms. The zero-order chi connectivity index (χ0) is 17.3. The Morgan fingerprint density at radius 3 is 2.42 bits per heavy atom. The Morgan fingerprint density at radius 1 is 1.12 bits per heavy atom. The number of aromatic nitrogens is 2. The molecular formula is C19H22N2O2S. The molecule has 0 fully saturated rings. The molecule has 0 radical (unpaired) electrons. The third kappa shape index (κ3) is 3.51. The van der Waals surface area contributed by atoms with Crippen molar-refractivity contribution in [3.8, 4) is 0 Å². The predicted molar refractivity (Wildman–Crippen MR) is 96.9 cm³/mol. The van der Waals surface area contributed by atoms with Crippen LogP contribution in [0.2, 0.25) is 0 Å². The number of nitrogens with zero attached hydrogens (tertiary/aromatic N) is 1. The lowest BCUT2D eigenvalue weighted by Crippen LogP contribution is -2.06. The van der Waals surface area contributed by atoms with Crippen molar-refractivity contribution < 1.29 is 8.42 Å². The summed E-state index contributed by atoms with van der Waals surface area (Å²) < 4.78 is 23.3. The topological polar surface area (TPSA) is 62.8 Å². The molecule has 1 unspecified atom stereocenters. The summed E-state index contributed by atoms with van der Waals surface area (Å²) in [4.78, 5) is 8.14. The number of hydrogen-bond acceptors (Lipinski definition) is 3. The summed E-state index contributed by atoms with van der Waals surface area (Å²) in [5, 5.41) is 1.09. The average Bonchev–Trinajstić information content (AvgIpc) is 2.95. The highest BCUT2D eigenvalue weighted by Crippen LogP contribution is 2.32. The number of sulfone groups is 1. The van der Waals surface area contributed by atoms with Crippen LogP contribution >= 0.6 is 0 Å². The van der Waals surface area contributed by atoms with Gasteiger partial charge in [-0.25, -0.2) is 13.4 Å². The molecular weight excluding hydrogens is 320 g/mol. The van der Waals surface area contributed by atoms with E-state index in [1.54, 1.807) is 18.3 Å². The molecule has 0 saturated carbocycles. The van der Waals surface area contributed by atoms with Crippen LogP contribution in [0, 0.1) is 5.92 Å². The molecule has 0 bridgehead atoms. The summed E-state index contributed by atoms with van der Waals surface area (Å²) in [7, 11) is -3.17. The molecule has 0 saturated heterocycles. The molecule has 0 spiro atoms. The Balaban J connectivity index is 2.03. The number of nitrogens with one attached hydrogen (secondary N) is 1. The van der Waals surface area contributed by atoms with E-state index in [2.05, 4.69) is 29.9 Å². The Bertz CT molecular complexity index is 908. The molecule has 0 aliphatic carbocycles. The zero-order valence-electron chi connectivity index (χ0n) is 14.2. The summed E-state index contributed by atoms with van der Waals surface area (Å²) in [6, 6.07) is 13.3. The van der Waals surface area contributed by atoms with Gasteiger partial charge in [-0.15, -0.1) is 0 Å². The largest absolute Gasteiger partial charge is 0.343 e. The number of hydrogen-bond donors (Lipinski definition) is 1. The molecule has 126 valence electrons. The van der Waals surface area contributed by atoms with Gasteiger partial charge in [0.2, 0.25) is 0 Å². The van der Waals surface area contributed by atoms with Gasteiger partial charge in [-0.05, 0) is 48.2 Å². The molecule has 24 heavy (non-hydrogen) atoms. The number of aromatic amines is 1. The van der Waals surface area contributed by atoms with Crippen LogP contribution in [0.25, 0.3) is 11.0 Å². The molecule has 4 nitrogen and oxygen atoms in total. The Hall–Kier alpha value is -2.14. The van der Waals surface area contributed by atoms with E-state index in [-0.39, 0.29) is 5.92 Å². The highest BCUT2D eigenvalue weighted by atomic mass is 32.2. The third-order valence-corrected chi connectivity index (χ3v) is 5.33. The van der Waals surface area contributed by atoms with E-state index < -0.39 is 9.84 Å². The van der Waals surface area contributed by atoms with Crippen LogP contribution in [0.3, 0.4) is 0 Å². The standard InChI is InChI=1S/C19H22N2O2S/c1-13(2)11-17(14-6-8-16(9-7-14)24(3,22)23)18-12-15-5-4-10-20-19(15)21-18/h4-10,12-13,17H,11H2,1-3H3,(H,20,21). The second-order valence-corrected chi connectivity index (χ2v) is 8.70. The van der Waals surface area contributed by atoms with Crippen LogP contribution in [-0.2, 0) is 9.84 Å². The molecule has 0 aliphatic rings. The smallest absolute Gasteiger partial charge is 0.175 e. The van der Waals surface area contributed by atoms with Gasteiger partial charge in [-0.2, -0.15) is 0 Å². The number of benzene rings is 1. The summed E-state index contributed by atoms with van der Waals surface area (Å²) in [6.45, 7) is 4.39. The van der Waals surface area contributed by atoms with Crippen LogP contribution in [0.5, 0.6) is 0 Å². The van der Waals surface area contributed by atoms with Crippen molar-refractivity contribution in [1.82, 2.24) is 9.97 Å². The van der Waals surface area contributed by atoms with Crippen molar-refractivity contribution in [2.45, 2.75) is 31.1 Å². The monoisotopic (exact) mass is 342 g/mol. The molecule has 1 aromatic carbocycles. The second kappa shape index (κ2) is 6.40. The van der Waals surface area contributed by atoms with Gasteiger partial charge in [0, 0.05) is 29.5 Å². The van der Waals surface area contributed by atoms with Gasteiger partial charge in [-0.3, -0.25) is 0 Å². The van der Waals surface area contributed by atoms with E-state index in [1.165, 1.54) is 6.26 Å². The number of fused-ring (bicyclic) bond motifs is 1. The summed E-state index contributed by atoms with van der Waals surface area (Å²) in [6.07, 6.45) is 3.99. The predicted octanol–water partition coefficient (Wildman–Crippen LogP) is 4.14. The minimum Gasteiger partial charge on any atom is -0.343 e. The Morgan fingerprint density at radius 2 is 1.83 bits per heavy atom. The lowest BCUT2D eigenvalue weighted by molar-refractivity contribution is 0.536. The highest BCUT2D eigenvalue weighted by Gasteiger charge is 2.19. The molecule has 2 aromatic heterocycles. The molecule has 1 atom stereocenters. The maximum atomic E-state index is 11.7. The van der Waals surface area contributed by atoms with Crippen molar-refractivity contribution in [3.63, 3.8) is 0 Å². The van der Waals surface area contributed by atoms with E-state index in [9.17, 15) is 8.42 Å². The van der Waals surface area contributed by atoms with Crippen LogP contribution in [-0.4, -0.2) is 24.6 Å². The van der Waals surface area contributed by atoms with Crippen molar-refractivity contribution in [2.24, 2.45) is 5.92 Å². The summed E-state index contributed by atoms with van der Waals surface area (Å²) in [5.74, 6) is 0.705. The molecule has 3 rings (SSSR count). The van der Waals surface area contributed by atoms with Gasteiger partial charge in [0.15, 0.2) is 9.84 Å². The van der Waals surface area contributed by atoms with E-state index >= 15 is 0 Å². The average molecular weight is 342 g/mol. The number of rotatable bonds is 5. The van der Waals surface area contributed by atoms with E-state index in [4.69, 9.17) is 0 Å². The lowest BCUT2D eigenvalue weighted by atomic mass is 9.88. The fraction of sp³-hybridized carbons (Fsp3) is 0.316. The van der Waals surface area contributed by atoms with Gasteiger partial charge in [0.1, 0.15) is 5.65 Å². The van der Waals surface area contributed by atoms with Gasteiger partial charge in [0.25, 0.3) is 0 Å². The fourth-order valence-electron chi connectivity index (χ4n) is 3.03. The third-order valence-electron chi connectivity index (χ3n) is 4.21. The molecule has 2 heterocycles. The quantitative estimate of drug-likeness (QED) is 0.758. The Labute approximate surface area is 142 Å². The zero-order valence-corrected chi connectivity index (χ0v) is 15.0. The first-order valence-corrected chi connectivity index (χ1v) is 9.97. The first kappa shape index (κ1) is 16.7. The maximum Gasteiger partial charge on any atom is 0.175 e. The van der Waals surface area contributed by atoms with Crippen LogP contribution in [0.4, 0.5) is 0 Å². The highest BCUT2D eigenvalue weighted by molar-refractivity contribution is 7.90. The van der Waals surface area contributed by atoms with Gasteiger partial charge < -0.3 is 4.98 Å². The normalized spacial score (nSPS) is 13.5. The molecule has 3 aromatic rings. The van der Waals surface area contributed by atoms with Gasteiger partial charge in [-0.1, -0.05) is 26.0 Å². The molecule has 0 aliphatic heterocycles. The van der Waals surface area contributed by atoms with Crippen LogP contribution in [0.1, 0.15) is 37.4 Å². The first-order valence-electron chi connectivity index (χ1n) is 8.08. The first-order chi connectivity index (χ1) is 11.3. The minimum absolute atomic E-state index is 0.188. The van der Waals surface area contributed by atoms with Crippen LogP contribution < -0.4 is 0 Å². The lowest BCUT2D eigenvalue weighted by Gasteiger charge is -2.19. The molecule has 0 amide bonds. The fourth-order valence-corrected chi connectivity index (χ4v) is 3.66. The van der Waals surface area contributed by atoms with Crippen molar-refractivity contribution >= 4 is 20.9 Å². The summed E-state index contributed by atoms with van der Waals surface area (Å²) >= 11 is 0. The van der Waals surface area contributed by atoms with Crippen molar-refractivity contribution in [3.05, 3.63) is 59.9 Å². The number of pyridine rings is 1. The van der Waals surface area contributed by atoms with Crippen LogP contribution in [0.15, 0.2) is 53.6 Å². The van der Waals surface area contributed by atoms with E-state index in [1.807, 2.05) is 24.3 Å². The van der Waals surface area contributed by atoms with Gasteiger partial charge >= 0.3 is 0 Å². The second-order valence-electron chi connectivity index (χ2n) is 6.69. The van der Waals surface area contributed by atoms with E-state index in [0.29, 0.717) is 10.8 Å². The van der Waals surface area contributed by atoms with E-state index in [0.717, 1.165) is 28.7 Å². The summed E-state index contributed by atoms with van der Waals surface area (Å²) in [5.41, 5.74) is 3.11. The minimum atomic E-state index is -3.17. The van der Waals surface area contributed by atoms with Gasteiger partial charge in [0.05, 0.1) is 4.90 Å². The SMILES string of the molecule is CC(C)CC(c1ccc(S(C)(=O)=O)cc1)c1cc2cccnc2[nH]1. The molecule has 1 N–H and O–H groups in total. The van der Waals surface area contributed by atoms with Crippen molar-refractivity contribution in [1.29, 1.82) is 0 Å².